The monoisotopic (exact) mass is 601 g/mol. The van der Waals surface area contributed by atoms with Crippen molar-refractivity contribution in [2.75, 3.05) is 38.4 Å². The Balaban J connectivity index is 1.59. The van der Waals surface area contributed by atoms with Crippen molar-refractivity contribution in [1.29, 1.82) is 0 Å². The Morgan fingerprint density at radius 3 is 2.50 bits per heavy atom. The standard InChI is InChI=1S/C34H43N5O5/c1-7-38(26-10-13-44-14-11-26)30-19-25(24-8-9-29-31(18-24)37(5)34(42)39(29)12-15-43-6)17-27(23(30)4)32(40)35-20-28-21(2)16-22(3)36-33(28)41/h8-9,16-19,26H,7,10-15,20H2,1-6H3,(H,35,40)(H,36,41). The molecule has 2 aromatic carbocycles. The average molecular weight is 602 g/mol. The maximum Gasteiger partial charge on any atom is 0.328 e. The van der Waals surface area contributed by atoms with E-state index in [2.05, 4.69) is 28.2 Å². The summed E-state index contributed by atoms with van der Waals surface area (Å²) in [4.78, 5) is 44.7. The zero-order valence-electron chi connectivity index (χ0n) is 26.6. The summed E-state index contributed by atoms with van der Waals surface area (Å²) in [5, 5.41) is 3.01. The van der Waals surface area contributed by atoms with E-state index in [0.717, 1.165) is 64.1 Å². The Morgan fingerprint density at radius 1 is 1.07 bits per heavy atom. The second kappa shape index (κ2) is 13.2. The van der Waals surface area contributed by atoms with Gasteiger partial charge < -0.3 is 24.7 Å². The van der Waals surface area contributed by atoms with E-state index >= 15 is 0 Å². The van der Waals surface area contributed by atoms with Crippen molar-refractivity contribution in [3.05, 3.63) is 85.2 Å². The van der Waals surface area contributed by atoms with Crippen molar-refractivity contribution in [1.82, 2.24) is 19.4 Å². The van der Waals surface area contributed by atoms with Crippen LogP contribution >= 0.6 is 0 Å². The molecule has 1 aliphatic rings. The van der Waals surface area contributed by atoms with Crippen LogP contribution in [0.15, 0.2) is 46.0 Å². The minimum absolute atomic E-state index is 0.100. The van der Waals surface area contributed by atoms with E-state index in [4.69, 9.17) is 9.47 Å². The van der Waals surface area contributed by atoms with Gasteiger partial charge in [0, 0.05) is 69.0 Å². The number of rotatable bonds is 10. The molecule has 10 nitrogen and oxygen atoms in total. The molecule has 2 aromatic heterocycles. The van der Waals surface area contributed by atoms with Gasteiger partial charge in [0.25, 0.3) is 11.5 Å². The molecular weight excluding hydrogens is 558 g/mol. The number of imidazole rings is 1. The van der Waals surface area contributed by atoms with Crippen molar-refractivity contribution in [2.45, 2.75) is 59.7 Å². The van der Waals surface area contributed by atoms with Crippen LogP contribution in [0.25, 0.3) is 22.2 Å². The van der Waals surface area contributed by atoms with Gasteiger partial charge in [0.15, 0.2) is 0 Å². The number of hydrogen-bond acceptors (Lipinski definition) is 6. The third kappa shape index (κ3) is 6.09. The lowest BCUT2D eigenvalue weighted by Gasteiger charge is -2.37. The number of hydrogen-bond donors (Lipinski definition) is 2. The first kappa shape index (κ1) is 31.3. The molecule has 44 heavy (non-hydrogen) atoms. The predicted molar refractivity (Wildman–Crippen MR) is 174 cm³/mol. The molecule has 1 amide bonds. The van der Waals surface area contributed by atoms with E-state index in [1.54, 1.807) is 23.3 Å². The fraction of sp³-hybridized carbons (Fsp3) is 0.441. The van der Waals surface area contributed by atoms with Gasteiger partial charge >= 0.3 is 5.69 Å². The lowest BCUT2D eigenvalue weighted by molar-refractivity contribution is 0.0846. The number of nitrogens with zero attached hydrogens (tertiary/aromatic N) is 3. The predicted octanol–water partition coefficient (Wildman–Crippen LogP) is 4.20. The topological polar surface area (TPSA) is 111 Å². The van der Waals surface area contributed by atoms with E-state index < -0.39 is 0 Å². The third-order valence-corrected chi connectivity index (χ3v) is 8.82. The summed E-state index contributed by atoms with van der Waals surface area (Å²) in [6.45, 7) is 11.1. The number of amides is 1. The molecule has 0 saturated carbocycles. The van der Waals surface area contributed by atoms with E-state index in [0.29, 0.717) is 43.5 Å². The minimum Gasteiger partial charge on any atom is -0.383 e. The first-order valence-electron chi connectivity index (χ1n) is 15.3. The summed E-state index contributed by atoms with van der Waals surface area (Å²) >= 11 is 0. The van der Waals surface area contributed by atoms with Gasteiger partial charge in [-0.25, -0.2) is 4.79 Å². The molecule has 1 aliphatic heterocycles. The Labute approximate surface area is 257 Å². The van der Waals surface area contributed by atoms with E-state index in [9.17, 15) is 14.4 Å². The fourth-order valence-electron chi connectivity index (χ4n) is 6.37. The summed E-state index contributed by atoms with van der Waals surface area (Å²) < 4.78 is 14.2. The van der Waals surface area contributed by atoms with Gasteiger partial charge in [0.05, 0.1) is 24.2 Å². The van der Waals surface area contributed by atoms with Crippen LogP contribution in [0.5, 0.6) is 0 Å². The highest BCUT2D eigenvalue weighted by molar-refractivity contribution is 5.99. The second-order valence-corrected chi connectivity index (χ2v) is 11.6. The number of aromatic nitrogens is 3. The van der Waals surface area contributed by atoms with Gasteiger partial charge in [-0.3, -0.25) is 18.7 Å². The summed E-state index contributed by atoms with van der Waals surface area (Å²) in [6.07, 6.45) is 1.83. The zero-order valence-corrected chi connectivity index (χ0v) is 26.6. The number of nitrogens with one attached hydrogen (secondary N) is 2. The van der Waals surface area contributed by atoms with Gasteiger partial charge in [-0.1, -0.05) is 6.07 Å². The Morgan fingerprint density at radius 2 is 1.82 bits per heavy atom. The van der Waals surface area contributed by atoms with E-state index in [-0.39, 0.29) is 23.7 Å². The van der Waals surface area contributed by atoms with Crippen LogP contribution in [-0.4, -0.2) is 59.5 Å². The van der Waals surface area contributed by atoms with Crippen LogP contribution < -0.4 is 21.5 Å². The Hall–Kier alpha value is -4.15. The van der Waals surface area contributed by atoms with Crippen LogP contribution in [0.2, 0.25) is 0 Å². The maximum absolute atomic E-state index is 13.8. The molecule has 234 valence electrons. The number of carbonyl (C=O) groups excluding carboxylic acids is 1. The maximum atomic E-state index is 13.8. The molecule has 1 fully saturated rings. The van der Waals surface area contributed by atoms with Gasteiger partial charge in [0.2, 0.25) is 0 Å². The van der Waals surface area contributed by atoms with Gasteiger partial charge in [-0.05, 0) is 93.1 Å². The largest absolute Gasteiger partial charge is 0.383 e. The SMILES string of the molecule is CCN(c1cc(-c2ccc3c(c2)n(C)c(=O)n3CCOC)cc(C(=O)NCc2c(C)cc(C)[nH]c2=O)c1C)C1CCOCC1. The van der Waals surface area contributed by atoms with Crippen LogP contribution in [-0.2, 0) is 29.6 Å². The van der Waals surface area contributed by atoms with E-state index in [1.165, 1.54) is 0 Å². The van der Waals surface area contributed by atoms with Crippen LogP contribution in [0.3, 0.4) is 0 Å². The second-order valence-electron chi connectivity index (χ2n) is 11.6. The van der Waals surface area contributed by atoms with Crippen LogP contribution in [0.4, 0.5) is 5.69 Å². The number of pyridine rings is 1. The Bertz CT molecular complexity index is 1790. The number of methoxy groups -OCH3 is 1. The highest BCUT2D eigenvalue weighted by Crippen LogP contribution is 2.35. The molecular formula is C34H43N5O5. The molecule has 3 heterocycles. The first-order valence-corrected chi connectivity index (χ1v) is 15.3. The van der Waals surface area contributed by atoms with Gasteiger partial charge in [-0.2, -0.15) is 0 Å². The molecule has 2 N–H and O–H groups in total. The highest BCUT2D eigenvalue weighted by Gasteiger charge is 2.25. The van der Waals surface area contributed by atoms with Crippen molar-refractivity contribution < 1.29 is 14.3 Å². The average Bonchev–Trinajstić information content (AvgIpc) is 3.25. The molecule has 10 heteroatoms. The third-order valence-electron chi connectivity index (χ3n) is 8.82. The lowest BCUT2D eigenvalue weighted by atomic mass is 9.95. The molecule has 0 unspecified atom stereocenters. The van der Waals surface area contributed by atoms with Crippen molar-refractivity contribution >= 4 is 22.6 Å². The smallest absolute Gasteiger partial charge is 0.328 e. The molecule has 0 bridgehead atoms. The number of carbonyl (C=O) groups is 1. The van der Waals surface area contributed by atoms with Gasteiger partial charge in [0.1, 0.15) is 0 Å². The Kier molecular flexibility index (Phi) is 9.41. The van der Waals surface area contributed by atoms with Crippen LogP contribution in [0, 0.1) is 20.8 Å². The number of fused-ring (bicyclic) bond motifs is 1. The molecule has 0 spiro atoms. The van der Waals surface area contributed by atoms with Crippen molar-refractivity contribution in [3.63, 3.8) is 0 Å². The summed E-state index contributed by atoms with van der Waals surface area (Å²) in [7, 11) is 3.40. The number of anilines is 1. The zero-order chi connectivity index (χ0) is 31.5. The molecule has 0 aliphatic carbocycles. The molecule has 1 saturated heterocycles. The number of aryl methyl sites for hydroxylation is 3. The highest BCUT2D eigenvalue weighted by atomic mass is 16.5. The summed E-state index contributed by atoms with van der Waals surface area (Å²) in [5.41, 5.74) is 7.73. The molecule has 0 atom stereocenters. The molecule has 0 radical (unpaired) electrons. The molecule has 5 rings (SSSR count). The minimum atomic E-state index is -0.243. The number of H-pyrrole nitrogens is 1. The number of aromatic amines is 1. The van der Waals surface area contributed by atoms with Crippen LogP contribution in [0.1, 0.15) is 52.5 Å². The summed E-state index contributed by atoms with van der Waals surface area (Å²) in [5.74, 6) is -0.243. The lowest BCUT2D eigenvalue weighted by Crippen LogP contribution is -2.40. The number of ether oxygens (including phenoxy) is 2. The van der Waals surface area contributed by atoms with Crippen molar-refractivity contribution in [3.8, 4) is 11.1 Å². The quantitative estimate of drug-likeness (QED) is 0.282. The molecule has 4 aromatic rings. The summed E-state index contributed by atoms with van der Waals surface area (Å²) in [6, 6.07) is 12.2. The number of benzene rings is 2. The first-order chi connectivity index (χ1) is 21.1. The van der Waals surface area contributed by atoms with E-state index in [1.807, 2.05) is 51.1 Å². The normalized spacial score (nSPS) is 13.9. The van der Waals surface area contributed by atoms with Crippen molar-refractivity contribution in [2.24, 2.45) is 7.05 Å². The van der Waals surface area contributed by atoms with Gasteiger partial charge in [-0.15, -0.1) is 0 Å². The fourth-order valence-corrected chi connectivity index (χ4v) is 6.37.